The molecule has 2 unspecified atom stereocenters. The number of halogens is 1. The van der Waals surface area contributed by atoms with Crippen molar-refractivity contribution in [1.82, 2.24) is 14.8 Å². The molecule has 2 amide bonds. The normalized spacial score (nSPS) is 22.3. The number of fused-ring (bicyclic) bond motifs is 1. The molecule has 10 heteroatoms. The molecule has 0 radical (unpaired) electrons. The van der Waals surface area contributed by atoms with E-state index in [-0.39, 0.29) is 30.4 Å². The Balaban J connectivity index is 1.20. The number of aromatic nitrogens is 1. The van der Waals surface area contributed by atoms with Gasteiger partial charge in [-0.05, 0) is 98.0 Å². The third kappa shape index (κ3) is 7.27. The summed E-state index contributed by atoms with van der Waals surface area (Å²) in [4.78, 5) is 39.3. The number of pyridine rings is 1. The molecule has 9 nitrogen and oxygen atoms in total. The fourth-order valence-electron chi connectivity index (χ4n) is 7.38. The summed E-state index contributed by atoms with van der Waals surface area (Å²) in [6.07, 6.45) is 7.48. The number of nitrogens with zero attached hydrogens (tertiary/aromatic N) is 5. The fraction of sp³-hybridized carbons (Fsp3) is 0.500. The summed E-state index contributed by atoms with van der Waals surface area (Å²) in [7, 11) is 5.62. The van der Waals surface area contributed by atoms with Crippen LogP contribution < -0.4 is 19.3 Å². The van der Waals surface area contributed by atoms with Crippen molar-refractivity contribution in [2.24, 2.45) is 5.92 Å². The molecule has 2 aromatic carbocycles. The average molecular weight is 674 g/mol. The maximum absolute atomic E-state index is 13.9. The van der Waals surface area contributed by atoms with E-state index in [4.69, 9.17) is 26.1 Å². The molecule has 1 aromatic heterocycles. The van der Waals surface area contributed by atoms with Crippen LogP contribution in [-0.2, 0) is 16.0 Å². The van der Waals surface area contributed by atoms with Gasteiger partial charge in [0.05, 0.1) is 44.1 Å². The summed E-state index contributed by atoms with van der Waals surface area (Å²) in [5, 5.41) is 0.639. The number of hydrogen-bond acceptors (Lipinski definition) is 7. The quantitative estimate of drug-likeness (QED) is 0.248. The average Bonchev–Trinajstić information content (AvgIpc) is 3.09. The van der Waals surface area contributed by atoms with Gasteiger partial charge in [0.1, 0.15) is 5.82 Å². The third-order valence-electron chi connectivity index (χ3n) is 10.4. The lowest BCUT2D eigenvalue weighted by Gasteiger charge is -2.41. The zero-order chi connectivity index (χ0) is 33.9. The first-order chi connectivity index (χ1) is 23.1. The predicted molar refractivity (Wildman–Crippen MR) is 190 cm³/mol. The highest BCUT2D eigenvalue weighted by Gasteiger charge is 2.37. The van der Waals surface area contributed by atoms with E-state index >= 15 is 0 Å². The second-order valence-electron chi connectivity index (χ2n) is 13.6. The van der Waals surface area contributed by atoms with Crippen LogP contribution in [0.1, 0.15) is 68.7 Å². The highest BCUT2D eigenvalue weighted by atomic mass is 35.5. The predicted octanol–water partition coefficient (Wildman–Crippen LogP) is 6.37. The monoisotopic (exact) mass is 673 g/mol. The SMILES string of the molecule is CCC(C)Oc1cc2c(cc1OC)CC(=O)N(c1ccc(N(C)CC3CCC(N4CCN(C)C(=O)C4)CC3)nc1)C2c1ccc(Cl)cc1. The van der Waals surface area contributed by atoms with Crippen molar-refractivity contribution in [2.45, 2.75) is 70.6 Å². The van der Waals surface area contributed by atoms with Crippen LogP contribution >= 0.6 is 11.6 Å². The number of anilines is 2. The van der Waals surface area contributed by atoms with Gasteiger partial charge in [-0.15, -0.1) is 0 Å². The van der Waals surface area contributed by atoms with Crippen molar-refractivity contribution in [3.63, 3.8) is 0 Å². The van der Waals surface area contributed by atoms with Crippen molar-refractivity contribution in [3.8, 4) is 11.5 Å². The summed E-state index contributed by atoms with van der Waals surface area (Å²) in [5.41, 5.74) is 3.60. The van der Waals surface area contributed by atoms with E-state index in [1.165, 1.54) is 0 Å². The van der Waals surface area contributed by atoms with Crippen LogP contribution in [0.4, 0.5) is 11.5 Å². The Labute approximate surface area is 289 Å². The maximum Gasteiger partial charge on any atom is 0.236 e. The molecule has 6 rings (SSSR count). The molecule has 1 saturated carbocycles. The van der Waals surface area contributed by atoms with E-state index in [9.17, 15) is 9.59 Å². The maximum atomic E-state index is 13.9. The van der Waals surface area contributed by atoms with E-state index in [0.717, 1.165) is 79.9 Å². The van der Waals surface area contributed by atoms with Crippen LogP contribution in [0.25, 0.3) is 0 Å². The molecular weight excluding hydrogens is 626 g/mol. The van der Waals surface area contributed by atoms with Crippen molar-refractivity contribution < 1.29 is 19.1 Å². The molecule has 2 aliphatic heterocycles. The van der Waals surface area contributed by atoms with Gasteiger partial charge in [-0.3, -0.25) is 19.4 Å². The summed E-state index contributed by atoms with van der Waals surface area (Å²) in [6.45, 7) is 7.39. The highest BCUT2D eigenvalue weighted by Crippen LogP contribution is 2.44. The molecule has 48 heavy (non-hydrogen) atoms. The first-order valence-corrected chi connectivity index (χ1v) is 17.6. The Hall–Kier alpha value is -3.82. The molecule has 1 saturated heterocycles. The molecule has 0 bridgehead atoms. The Kier molecular flexibility index (Phi) is 10.5. The zero-order valence-electron chi connectivity index (χ0n) is 28.8. The van der Waals surface area contributed by atoms with Crippen molar-refractivity contribution >= 4 is 34.9 Å². The fourth-order valence-corrected chi connectivity index (χ4v) is 7.51. The molecule has 0 spiro atoms. The van der Waals surface area contributed by atoms with Gasteiger partial charge in [0.15, 0.2) is 11.5 Å². The molecule has 2 fully saturated rings. The topological polar surface area (TPSA) is 78.5 Å². The summed E-state index contributed by atoms with van der Waals surface area (Å²) < 4.78 is 12.0. The minimum atomic E-state index is -0.389. The number of hydrogen-bond donors (Lipinski definition) is 0. The van der Waals surface area contributed by atoms with Crippen LogP contribution in [0.2, 0.25) is 5.02 Å². The van der Waals surface area contributed by atoms with Crippen molar-refractivity contribution in [3.05, 3.63) is 76.4 Å². The third-order valence-corrected chi connectivity index (χ3v) is 10.7. The Morgan fingerprint density at radius 3 is 2.40 bits per heavy atom. The number of carbonyl (C=O) groups excluding carboxylic acids is 2. The molecule has 0 N–H and O–H groups in total. The molecule has 3 heterocycles. The standard InChI is InChI=1S/C38H48ClN5O4/c1-6-25(2)48-34-21-32-28(19-33(34)47-5)20-36(45)44(38(32)27-9-11-29(39)12-10-27)31-15-16-35(40-22-31)42(4)23-26-7-13-30(14-8-26)43-18-17-41(3)37(46)24-43/h9-12,15-16,19,21-22,25-26,30,38H,6-8,13-14,17-18,20,23-24H2,1-5H3. The zero-order valence-corrected chi connectivity index (χ0v) is 29.6. The smallest absolute Gasteiger partial charge is 0.236 e. The largest absolute Gasteiger partial charge is 0.493 e. The van der Waals surface area contributed by atoms with Crippen molar-refractivity contribution in [2.75, 3.05) is 57.2 Å². The van der Waals surface area contributed by atoms with Gasteiger partial charge in [-0.1, -0.05) is 30.7 Å². The van der Waals surface area contributed by atoms with Crippen molar-refractivity contribution in [1.29, 1.82) is 0 Å². The minimum Gasteiger partial charge on any atom is -0.493 e. The Morgan fingerprint density at radius 2 is 1.75 bits per heavy atom. The number of amides is 2. The lowest BCUT2D eigenvalue weighted by molar-refractivity contribution is -0.135. The molecule has 256 valence electrons. The first-order valence-electron chi connectivity index (χ1n) is 17.2. The van der Waals surface area contributed by atoms with E-state index in [2.05, 4.69) is 23.8 Å². The van der Waals surface area contributed by atoms with Crippen LogP contribution in [0, 0.1) is 5.92 Å². The lowest BCUT2D eigenvalue weighted by atomic mass is 9.84. The molecular formula is C38H48ClN5O4. The highest BCUT2D eigenvalue weighted by molar-refractivity contribution is 6.30. The number of ether oxygens (including phenoxy) is 2. The van der Waals surface area contributed by atoms with Crippen LogP contribution in [0.3, 0.4) is 0 Å². The summed E-state index contributed by atoms with van der Waals surface area (Å²) in [6, 6.07) is 15.8. The molecule has 3 aliphatic rings. The number of benzene rings is 2. The second-order valence-corrected chi connectivity index (χ2v) is 14.1. The Bertz CT molecular complexity index is 1590. The van der Waals surface area contributed by atoms with E-state index in [1.54, 1.807) is 7.11 Å². The molecule has 2 atom stereocenters. The van der Waals surface area contributed by atoms with E-state index in [0.29, 0.717) is 35.0 Å². The van der Waals surface area contributed by atoms with Gasteiger partial charge < -0.3 is 19.3 Å². The molecule has 3 aromatic rings. The van der Waals surface area contributed by atoms with Crippen LogP contribution in [0.15, 0.2) is 54.7 Å². The van der Waals surface area contributed by atoms with Gasteiger partial charge in [0, 0.05) is 44.8 Å². The first kappa shape index (κ1) is 34.1. The van der Waals surface area contributed by atoms with Gasteiger partial charge in [0.25, 0.3) is 0 Å². The number of methoxy groups -OCH3 is 1. The second kappa shape index (κ2) is 14.7. The summed E-state index contributed by atoms with van der Waals surface area (Å²) in [5.74, 6) is 2.97. The van der Waals surface area contributed by atoms with E-state index in [1.807, 2.05) is 78.5 Å². The summed E-state index contributed by atoms with van der Waals surface area (Å²) >= 11 is 6.29. The number of carbonyl (C=O) groups is 2. The minimum absolute atomic E-state index is 0.0122. The van der Waals surface area contributed by atoms with Gasteiger partial charge >= 0.3 is 0 Å². The van der Waals surface area contributed by atoms with E-state index < -0.39 is 0 Å². The Morgan fingerprint density at radius 1 is 1.00 bits per heavy atom. The number of rotatable bonds is 10. The number of likely N-dealkylation sites (N-methyl/N-ethyl adjacent to an activating group) is 1. The van der Waals surface area contributed by atoms with Crippen LogP contribution in [-0.4, -0.2) is 86.1 Å². The van der Waals surface area contributed by atoms with Gasteiger partial charge in [-0.2, -0.15) is 0 Å². The molecule has 1 aliphatic carbocycles. The van der Waals surface area contributed by atoms with Crippen LogP contribution in [0.5, 0.6) is 11.5 Å². The van der Waals surface area contributed by atoms with Gasteiger partial charge in [-0.25, -0.2) is 4.98 Å². The lowest BCUT2D eigenvalue weighted by Crippen LogP contribution is -2.53. The number of piperazine rings is 1. The van der Waals surface area contributed by atoms with Gasteiger partial charge in [0.2, 0.25) is 11.8 Å².